The second-order valence-corrected chi connectivity index (χ2v) is 5.67. The predicted molar refractivity (Wildman–Crippen MR) is 77.5 cm³/mol. The van der Waals surface area contributed by atoms with Crippen molar-refractivity contribution in [3.05, 3.63) is 0 Å². The topological polar surface area (TPSA) is 35.5 Å². The van der Waals surface area contributed by atoms with Crippen molar-refractivity contribution in [3.63, 3.8) is 0 Å². The summed E-state index contributed by atoms with van der Waals surface area (Å²) in [4.78, 5) is 0. The molecular weight excluding hydrogens is 248 g/mol. The molecular formula is C14H30O3S. The van der Waals surface area contributed by atoms with Crippen LogP contribution in [0.25, 0.3) is 0 Å². The molecule has 0 aliphatic rings. The van der Waals surface area contributed by atoms with Crippen molar-refractivity contribution >= 4 is 11.4 Å². The van der Waals surface area contributed by atoms with Crippen LogP contribution in [0.4, 0.5) is 0 Å². The quantitative estimate of drug-likeness (QED) is 0.469. The van der Waals surface area contributed by atoms with Gasteiger partial charge < -0.3 is 0 Å². The van der Waals surface area contributed by atoms with E-state index in [-0.39, 0.29) is 0 Å². The maximum atomic E-state index is 11.4. The average molecular weight is 278 g/mol. The minimum Gasteiger partial charge on any atom is -0.268 e. The first-order valence-corrected chi connectivity index (χ1v) is 8.42. The van der Waals surface area contributed by atoms with Gasteiger partial charge in [0.1, 0.15) is 0 Å². The Morgan fingerprint density at radius 3 is 2.28 bits per heavy atom. The fraction of sp³-hybridized carbons (Fsp3) is 1.00. The lowest BCUT2D eigenvalue weighted by Crippen LogP contribution is -2.12. The summed E-state index contributed by atoms with van der Waals surface area (Å²) >= 11 is -1.55. The molecule has 0 radical (unpaired) electrons. The summed E-state index contributed by atoms with van der Waals surface area (Å²) in [6.07, 6.45) is 9.17. The van der Waals surface area contributed by atoms with E-state index in [1.807, 2.05) is 0 Å². The van der Waals surface area contributed by atoms with Crippen LogP contribution in [0, 0.1) is 5.92 Å². The first kappa shape index (κ1) is 18.1. The predicted octanol–water partition coefficient (Wildman–Crippen LogP) is 4.40. The summed E-state index contributed by atoms with van der Waals surface area (Å²) in [5, 5.41) is 0. The van der Waals surface area contributed by atoms with Crippen LogP contribution in [0.15, 0.2) is 0 Å². The normalized spacial score (nSPS) is 14.6. The minimum atomic E-state index is -1.55. The molecule has 0 bridgehead atoms. The SMILES string of the molecule is CCCCCCOS(=O)OCC(CC)CCCC. The molecule has 4 heteroatoms. The Bertz CT molecular complexity index is 197. The maximum Gasteiger partial charge on any atom is 0.304 e. The van der Waals surface area contributed by atoms with Gasteiger partial charge in [-0.3, -0.25) is 8.37 Å². The fourth-order valence-electron chi connectivity index (χ4n) is 1.74. The summed E-state index contributed by atoms with van der Waals surface area (Å²) in [6.45, 7) is 7.60. The molecule has 0 aromatic carbocycles. The first-order valence-electron chi connectivity index (χ1n) is 7.42. The molecule has 0 amide bonds. The van der Waals surface area contributed by atoms with Crippen LogP contribution in [0.1, 0.15) is 72.1 Å². The van der Waals surface area contributed by atoms with Crippen LogP contribution in [0.3, 0.4) is 0 Å². The fourth-order valence-corrected chi connectivity index (χ4v) is 2.37. The van der Waals surface area contributed by atoms with E-state index >= 15 is 0 Å². The Labute approximate surface area is 116 Å². The second kappa shape index (κ2) is 13.5. The van der Waals surface area contributed by atoms with Crippen molar-refractivity contribution in [2.24, 2.45) is 5.92 Å². The molecule has 0 aliphatic carbocycles. The molecule has 2 atom stereocenters. The molecule has 0 aromatic rings. The van der Waals surface area contributed by atoms with Crippen molar-refractivity contribution in [2.75, 3.05) is 13.2 Å². The van der Waals surface area contributed by atoms with Crippen molar-refractivity contribution in [1.29, 1.82) is 0 Å². The zero-order valence-corrected chi connectivity index (χ0v) is 13.1. The Morgan fingerprint density at radius 1 is 0.944 bits per heavy atom. The van der Waals surface area contributed by atoms with Gasteiger partial charge in [0, 0.05) is 0 Å². The molecule has 0 saturated heterocycles. The van der Waals surface area contributed by atoms with Crippen LogP contribution in [-0.2, 0) is 19.7 Å². The lowest BCUT2D eigenvalue weighted by molar-refractivity contribution is 0.205. The average Bonchev–Trinajstić information content (AvgIpc) is 2.39. The Morgan fingerprint density at radius 2 is 1.67 bits per heavy atom. The number of hydrogen-bond acceptors (Lipinski definition) is 3. The van der Waals surface area contributed by atoms with Gasteiger partial charge in [0.15, 0.2) is 0 Å². The summed E-state index contributed by atoms with van der Waals surface area (Å²) in [5.74, 6) is 0.512. The van der Waals surface area contributed by atoms with Crippen LogP contribution in [0.5, 0.6) is 0 Å². The van der Waals surface area contributed by atoms with E-state index in [0.717, 1.165) is 25.7 Å². The standard InChI is InChI=1S/C14H30O3S/c1-4-7-9-10-12-16-18(15)17-13-14(6-3)11-8-5-2/h14H,4-13H2,1-3H3. The molecule has 0 spiro atoms. The van der Waals surface area contributed by atoms with E-state index < -0.39 is 11.4 Å². The zero-order chi connectivity index (χ0) is 13.6. The van der Waals surface area contributed by atoms with E-state index in [4.69, 9.17) is 8.37 Å². The lowest BCUT2D eigenvalue weighted by atomic mass is 10.0. The van der Waals surface area contributed by atoms with Gasteiger partial charge in [-0.25, -0.2) is 0 Å². The highest BCUT2D eigenvalue weighted by Gasteiger charge is 2.09. The molecule has 3 nitrogen and oxygen atoms in total. The van der Waals surface area contributed by atoms with Gasteiger partial charge in [-0.2, -0.15) is 4.21 Å². The largest absolute Gasteiger partial charge is 0.304 e. The molecule has 18 heavy (non-hydrogen) atoms. The van der Waals surface area contributed by atoms with Gasteiger partial charge in [0.25, 0.3) is 0 Å². The summed E-state index contributed by atoms with van der Waals surface area (Å²) in [5.41, 5.74) is 0. The smallest absolute Gasteiger partial charge is 0.268 e. The molecule has 0 rings (SSSR count). The van der Waals surface area contributed by atoms with Crippen LogP contribution >= 0.6 is 0 Å². The first-order chi connectivity index (χ1) is 8.74. The Balaban J connectivity index is 3.49. The summed E-state index contributed by atoms with van der Waals surface area (Å²) < 4.78 is 21.8. The van der Waals surface area contributed by atoms with E-state index in [1.54, 1.807) is 0 Å². The number of unbranched alkanes of at least 4 members (excludes halogenated alkanes) is 4. The van der Waals surface area contributed by atoms with E-state index in [2.05, 4.69) is 20.8 Å². The Kier molecular flexibility index (Phi) is 13.6. The van der Waals surface area contributed by atoms with Crippen molar-refractivity contribution in [1.82, 2.24) is 0 Å². The highest BCUT2D eigenvalue weighted by atomic mass is 32.2. The minimum absolute atomic E-state index is 0.512. The third-order valence-corrected chi connectivity index (χ3v) is 3.81. The van der Waals surface area contributed by atoms with Gasteiger partial charge in [-0.05, 0) is 18.8 Å². The molecule has 0 saturated carbocycles. The van der Waals surface area contributed by atoms with Crippen LogP contribution < -0.4 is 0 Å². The molecule has 0 N–H and O–H groups in total. The molecule has 2 unspecified atom stereocenters. The Hall–Kier alpha value is 0.0700. The van der Waals surface area contributed by atoms with Crippen molar-refractivity contribution in [2.45, 2.75) is 72.1 Å². The van der Waals surface area contributed by atoms with Gasteiger partial charge in [0.05, 0.1) is 13.2 Å². The number of rotatable bonds is 13. The van der Waals surface area contributed by atoms with Gasteiger partial charge in [0.2, 0.25) is 0 Å². The third kappa shape index (κ3) is 11.2. The van der Waals surface area contributed by atoms with E-state index in [0.29, 0.717) is 19.1 Å². The van der Waals surface area contributed by atoms with Gasteiger partial charge in [-0.1, -0.05) is 59.3 Å². The van der Waals surface area contributed by atoms with Crippen LogP contribution in [-0.4, -0.2) is 17.4 Å². The third-order valence-electron chi connectivity index (χ3n) is 3.12. The molecule has 0 fully saturated rings. The molecule has 0 aromatic heterocycles. The van der Waals surface area contributed by atoms with E-state index in [1.165, 1.54) is 25.7 Å². The zero-order valence-electron chi connectivity index (χ0n) is 12.3. The van der Waals surface area contributed by atoms with E-state index in [9.17, 15) is 4.21 Å². The molecule has 0 heterocycles. The highest BCUT2D eigenvalue weighted by molar-refractivity contribution is 7.75. The number of hydrogen-bond donors (Lipinski definition) is 0. The summed E-state index contributed by atoms with van der Waals surface area (Å²) in [6, 6.07) is 0. The summed E-state index contributed by atoms with van der Waals surface area (Å²) in [7, 11) is 0. The monoisotopic (exact) mass is 278 g/mol. The van der Waals surface area contributed by atoms with Gasteiger partial charge >= 0.3 is 11.4 Å². The molecule has 0 aliphatic heterocycles. The van der Waals surface area contributed by atoms with Gasteiger partial charge in [-0.15, -0.1) is 0 Å². The van der Waals surface area contributed by atoms with Crippen LogP contribution in [0.2, 0.25) is 0 Å². The highest BCUT2D eigenvalue weighted by Crippen LogP contribution is 2.13. The maximum absolute atomic E-state index is 11.4. The van der Waals surface area contributed by atoms with Crippen molar-refractivity contribution in [3.8, 4) is 0 Å². The molecule has 110 valence electrons. The second-order valence-electron chi connectivity index (χ2n) is 4.79. The lowest BCUT2D eigenvalue weighted by Gasteiger charge is -2.13. The van der Waals surface area contributed by atoms with Crippen molar-refractivity contribution < 1.29 is 12.6 Å².